The van der Waals surface area contributed by atoms with Crippen molar-refractivity contribution in [2.75, 3.05) is 40.5 Å². The summed E-state index contributed by atoms with van der Waals surface area (Å²) in [5, 5.41) is 9.40. The van der Waals surface area contributed by atoms with Crippen molar-refractivity contribution >= 4 is 18.1 Å². The van der Waals surface area contributed by atoms with Crippen LogP contribution in [0.25, 0.3) is 0 Å². The number of carbonyl (C=O) groups excluding carboxylic acids is 2. The molecule has 1 aliphatic heterocycles. The largest absolute Gasteiger partial charge is 0.511 e. The first-order valence-corrected chi connectivity index (χ1v) is 14.5. The molecule has 0 amide bonds. The summed E-state index contributed by atoms with van der Waals surface area (Å²) in [4.78, 5) is 37.4. The van der Waals surface area contributed by atoms with Crippen LogP contribution in [0.5, 0.6) is 28.7 Å². The molecular weight excluding hydrogens is 588 g/mol. The molecule has 3 unspecified atom stereocenters. The lowest BCUT2D eigenvalue weighted by atomic mass is 9.79. The SMILES string of the molecule is CCCOc1ccc2c(c1)C(c1ccc(OC)cc1OCC(=O)O)C(C(=O)OCOC(=O)OCC)C2c1ccc2c(c1)OCO2. The van der Waals surface area contributed by atoms with Gasteiger partial charge in [0, 0.05) is 23.5 Å². The van der Waals surface area contributed by atoms with E-state index in [2.05, 4.69) is 0 Å². The van der Waals surface area contributed by atoms with E-state index in [1.165, 1.54) is 7.11 Å². The minimum Gasteiger partial charge on any atom is -0.497 e. The van der Waals surface area contributed by atoms with E-state index in [0.29, 0.717) is 35.2 Å². The first-order valence-electron chi connectivity index (χ1n) is 14.5. The fourth-order valence-electron chi connectivity index (χ4n) is 5.68. The van der Waals surface area contributed by atoms with Crippen LogP contribution in [0.1, 0.15) is 54.4 Å². The van der Waals surface area contributed by atoms with E-state index >= 15 is 0 Å². The number of methoxy groups -OCH3 is 1. The molecule has 45 heavy (non-hydrogen) atoms. The van der Waals surface area contributed by atoms with E-state index in [1.54, 1.807) is 31.2 Å². The van der Waals surface area contributed by atoms with E-state index in [9.17, 15) is 19.5 Å². The normalized spacial score (nSPS) is 17.6. The maximum absolute atomic E-state index is 14.1. The van der Waals surface area contributed by atoms with Gasteiger partial charge in [-0.3, -0.25) is 4.79 Å². The molecule has 2 aliphatic rings. The predicted octanol–water partition coefficient (Wildman–Crippen LogP) is 5.24. The summed E-state index contributed by atoms with van der Waals surface area (Å²) in [6, 6.07) is 16.1. The van der Waals surface area contributed by atoms with Gasteiger partial charge in [0.15, 0.2) is 18.1 Å². The number of hydrogen-bond donors (Lipinski definition) is 1. The van der Waals surface area contributed by atoms with Gasteiger partial charge in [-0.15, -0.1) is 0 Å². The van der Waals surface area contributed by atoms with Crippen molar-refractivity contribution in [3.05, 3.63) is 76.9 Å². The van der Waals surface area contributed by atoms with Crippen LogP contribution in [0.3, 0.4) is 0 Å². The third-order valence-electron chi connectivity index (χ3n) is 7.49. The highest BCUT2D eigenvalue weighted by Gasteiger charge is 2.49. The molecule has 0 aromatic heterocycles. The number of carbonyl (C=O) groups is 3. The number of rotatable bonds is 13. The molecule has 1 heterocycles. The van der Waals surface area contributed by atoms with Crippen LogP contribution in [0.2, 0.25) is 0 Å². The van der Waals surface area contributed by atoms with Crippen LogP contribution in [-0.2, 0) is 23.8 Å². The molecule has 0 saturated carbocycles. The van der Waals surface area contributed by atoms with Gasteiger partial charge in [-0.1, -0.05) is 25.1 Å². The second kappa shape index (κ2) is 14.1. The second-order valence-corrected chi connectivity index (χ2v) is 10.2. The van der Waals surface area contributed by atoms with Crippen molar-refractivity contribution in [1.82, 2.24) is 0 Å². The van der Waals surface area contributed by atoms with Gasteiger partial charge in [0.2, 0.25) is 13.6 Å². The Morgan fingerprint density at radius 3 is 2.36 bits per heavy atom. The molecule has 12 nitrogen and oxygen atoms in total. The van der Waals surface area contributed by atoms with Crippen LogP contribution in [-0.4, -0.2) is 63.7 Å². The van der Waals surface area contributed by atoms with Crippen molar-refractivity contribution in [1.29, 1.82) is 0 Å². The van der Waals surface area contributed by atoms with Crippen LogP contribution >= 0.6 is 0 Å². The number of esters is 1. The number of carboxylic acids is 1. The Morgan fingerprint density at radius 2 is 1.60 bits per heavy atom. The van der Waals surface area contributed by atoms with E-state index in [-0.39, 0.29) is 19.1 Å². The van der Waals surface area contributed by atoms with Crippen LogP contribution in [0.15, 0.2) is 54.6 Å². The Balaban J connectivity index is 1.65. The van der Waals surface area contributed by atoms with Crippen molar-refractivity contribution in [2.45, 2.75) is 32.1 Å². The van der Waals surface area contributed by atoms with Crippen molar-refractivity contribution in [2.24, 2.45) is 5.92 Å². The summed E-state index contributed by atoms with van der Waals surface area (Å²) >= 11 is 0. The number of ether oxygens (including phenoxy) is 8. The van der Waals surface area contributed by atoms with E-state index < -0.39 is 49.2 Å². The van der Waals surface area contributed by atoms with Gasteiger partial charge >= 0.3 is 18.1 Å². The zero-order chi connectivity index (χ0) is 31.9. The fourth-order valence-corrected chi connectivity index (χ4v) is 5.68. The number of aliphatic carboxylic acids is 1. The Kier molecular flexibility index (Phi) is 9.81. The van der Waals surface area contributed by atoms with Crippen molar-refractivity contribution in [3.8, 4) is 28.7 Å². The summed E-state index contributed by atoms with van der Waals surface area (Å²) in [6.45, 7) is 3.00. The molecule has 12 heteroatoms. The number of fused-ring (bicyclic) bond motifs is 2. The third kappa shape index (κ3) is 6.84. The van der Waals surface area contributed by atoms with E-state index in [4.69, 9.17) is 37.9 Å². The number of benzene rings is 3. The highest BCUT2D eigenvalue weighted by molar-refractivity contribution is 5.80. The smallest absolute Gasteiger partial charge is 0.497 e. The lowest BCUT2D eigenvalue weighted by Gasteiger charge is -2.26. The average Bonchev–Trinajstić information content (AvgIpc) is 3.64. The molecule has 238 valence electrons. The topological polar surface area (TPSA) is 145 Å². The van der Waals surface area contributed by atoms with Gasteiger partial charge in [-0.2, -0.15) is 0 Å². The molecule has 0 bridgehead atoms. The van der Waals surface area contributed by atoms with E-state index in [0.717, 1.165) is 23.1 Å². The summed E-state index contributed by atoms with van der Waals surface area (Å²) < 4.78 is 43.5. The lowest BCUT2D eigenvalue weighted by Crippen LogP contribution is -2.28. The van der Waals surface area contributed by atoms with Crippen molar-refractivity contribution in [3.63, 3.8) is 0 Å². The minimum atomic E-state index is -1.17. The standard InChI is InChI=1S/C33H34O12/c1-4-12-40-21-8-9-22-24(14-21)30(23-10-7-20(38-3)15-26(23)41-16-28(34)35)31(32(36)44-18-45-33(37)39-5-2)29(22)19-6-11-25-27(13-19)43-17-42-25/h6-11,13-15,29-31H,4-5,12,16-18H2,1-3H3,(H,34,35). The Morgan fingerprint density at radius 1 is 0.822 bits per heavy atom. The minimum absolute atomic E-state index is 0.0770. The van der Waals surface area contributed by atoms with Crippen molar-refractivity contribution < 1.29 is 57.4 Å². The Bertz CT molecular complexity index is 1550. The fraction of sp³-hybridized carbons (Fsp3) is 0.364. The second-order valence-electron chi connectivity index (χ2n) is 10.2. The highest BCUT2D eigenvalue weighted by atomic mass is 16.8. The zero-order valence-electron chi connectivity index (χ0n) is 25.1. The van der Waals surface area contributed by atoms with Crippen LogP contribution in [0.4, 0.5) is 4.79 Å². The van der Waals surface area contributed by atoms with Gasteiger partial charge in [-0.25, -0.2) is 9.59 Å². The van der Waals surface area contributed by atoms with E-state index in [1.807, 2.05) is 37.3 Å². The molecule has 5 rings (SSSR count). The molecule has 0 spiro atoms. The van der Waals surface area contributed by atoms with Crippen LogP contribution < -0.4 is 23.7 Å². The van der Waals surface area contributed by atoms with Gasteiger partial charge in [0.25, 0.3) is 0 Å². The molecule has 0 saturated heterocycles. The molecular formula is C33H34O12. The van der Waals surface area contributed by atoms with Gasteiger partial charge in [0.05, 0.1) is 26.2 Å². The van der Waals surface area contributed by atoms with Gasteiger partial charge in [0.1, 0.15) is 17.2 Å². The average molecular weight is 623 g/mol. The number of carboxylic acid groups (broad SMARTS) is 1. The predicted molar refractivity (Wildman–Crippen MR) is 157 cm³/mol. The molecule has 0 fully saturated rings. The highest BCUT2D eigenvalue weighted by Crippen LogP contribution is 2.56. The quantitative estimate of drug-likeness (QED) is 0.196. The summed E-state index contributed by atoms with van der Waals surface area (Å²) in [7, 11) is 1.48. The maximum Gasteiger partial charge on any atom is 0.511 e. The molecule has 1 N–H and O–H groups in total. The number of hydrogen-bond acceptors (Lipinski definition) is 11. The lowest BCUT2D eigenvalue weighted by molar-refractivity contribution is -0.159. The van der Waals surface area contributed by atoms with Gasteiger partial charge < -0.3 is 43.0 Å². The first-order chi connectivity index (χ1) is 21.8. The molecule has 1 aliphatic carbocycles. The summed E-state index contributed by atoms with van der Waals surface area (Å²) in [5.74, 6) is -1.65. The zero-order valence-corrected chi connectivity index (χ0v) is 25.1. The van der Waals surface area contributed by atoms with Crippen LogP contribution in [0, 0.1) is 5.92 Å². The van der Waals surface area contributed by atoms with Gasteiger partial charge in [-0.05, 0) is 60.4 Å². The summed E-state index contributed by atoms with van der Waals surface area (Å²) in [6.07, 6.45) is -0.178. The first kappa shape index (κ1) is 31.3. The monoisotopic (exact) mass is 622 g/mol. The molecule has 3 aromatic carbocycles. The summed E-state index contributed by atoms with van der Waals surface area (Å²) in [5.41, 5.74) is 2.85. The maximum atomic E-state index is 14.1. The Hall–Kier alpha value is -5.13. The Labute approximate surface area is 259 Å². The molecule has 3 atom stereocenters. The molecule has 3 aromatic rings. The molecule has 0 radical (unpaired) electrons. The third-order valence-corrected chi connectivity index (χ3v) is 7.49.